The van der Waals surface area contributed by atoms with Gasteiger partial charge in [0.05, 0.1) is 14.2 Å². The van der Waals surface area contributed by atoms with Crippen molar-refractivity contribution in [2.75, 3.05) is 14.2 Å². The lowest BCUT2D eigenvalue weighted by Crippen LogP contribution is -2.15. The maximum atomic E-state index is 6.26. The fourth-order valence-corrected chi connectivity index (χ4v) is 2.41. The summed E-state index contributed by atoms with van der Waals surface area (Å²) in [7, 11) is 3.21. The molecule has 0 radical (unpaired) electrons. The number of hydrogen-bond acceptors (Lipinski definition) is 5. The minimum Gasteiger partial charge on any atom is -0.497 e. The molecule has 6 heteroatoms. The molecule has 0 saturated carbocycles. The number of nitrogens with two attached hydrogens (primary N) is 1. The first kappa shape index (κ1) is 14.7. The molecule has 2 aromatic rings. The van der Waals surface area contributed by atoms with Crippen LogP contribution in [0.4, 0.5) is 0 Å². The topological polar surface area (TPSA) is 70.3 Å². The van der Waals surface area contributed by atoms with Gasteiger partial charge in [-0.3, -0.25) is 0 Å². The molecule has 5 nitrogen and oxygen atoms in total. The molecule has 1 heterocycles. The van der Waals surface area contributed by atoms with Crippen LogP contribution < -0.4 is 15.2 Å². The van der Waals surface area contributed by atoms with E-state index in [1.807, 2.05) is 18.2 Å². The van der Waals surface area contributed by atoms with E-state index in [0.717, 1.165) is 21.5 Å². The smallest absolute Gasteiger partial charge is 0.216 e. The van der Waals surface area contributed by atoms with Crippen molar-refractivity contribution in [3.63, 3.8) is 0 Å². The zero-order valence-corrected chi connectivity index (χ0v) is 12.9. The van der Waals surface area contributed by atoms with Crippen LogP contribution in [-0.2, 0) is 6.42 Å². The summed E-state index contributed by atoms with van der Waals surface area (Å²) in [5, 5.41) is 0. The highest BCUT2D eigenvalue weighted by Gasteiger charge is 2.13. The van der Waals surface area contributed by atoms with Crippen molar-refractivity contribution in [1.29, 1.82) is 0 Å². The van der Waals surface area contributed by atoms with Gasteiger partial charge in [0.25, 0.3) is 0 Å². The summed E-state index contributed by atoms with van der Waals surface area (Å²) in [5.41, 5.74) is 8.06. The first-order valence-electron chi connectivity index (χ1n) is 6.08. The summed E-state index contributed by atoms with van der Waals surface area (Å²) >= 11 is 3.51. The van der Waals surface area contributed by atoms with Crippen molar-refractivity contribution >= 4 is 15.9 Å². The van der Waals surface area contributed by atoms with Gasteiger partial charge in [-0.2, -0.15) is 0 Å². The lowest BCUT2D eigenvalue weighted by molar-refractivity contribution is 0.395. The Morgan fingerprint density at radius 1 is 1.20 bits per heavy atom. The molecule has 0 spiro atoms. The number of aromatic nitrogens is 2. The predicted molar refractivity (Wildman–Crippen MR) is 79.9 cm³/mol. The van der Waals surface area contributed by atoms with Gasteiger partial charge in [-0.1, -0.05) is 15.9 Å². The largest absolute Gasteiger partial charge is 0.497 e. The molecular formula is C14H16BrN3O2. The second kappa shape index (κ2) is 6.67. The summed E-state index contributed by atoms with van der Waals surface area (Å²) in [5.74, 6) is 1.31. The predicted octanol–water partition coefficient (Wildman–Crippen LogP) is 2.50. The van der Waals surface area contributed by atoms with Gasteiger partial charge in [0.2, 0.25) is 5.88 Å². The molecule has 0 bridgehead atoms. The maximum absolute atomic E-state index is 6.26. The SMILES string of the molecule is COc1ccc(Br)c(C(N)Cc2cc(OC)ncn2)c1. The van der Waals surface area contributed by atoms with Crippen molar-refractivity contribution in [2.45, 2.75) is 12.5 Å². The number of nitrogens with zero attached hydrogens (tertiary/aromatic N) is 2. The van der Waals surface area contributed by atoms with Gasteiger partial charge in [0, 0.05) is 28.7 Å². The third kappa shape index (κ3) is 3.46. The zero-order valence-electron chi connectivity index (χ0n) is 11.3. The number of hydrogen-bond donors (Lipinski definition) is 1. The highest BCUT2D eigenvalue weighted by molar-refractivity contribution is 9.10. The Hall–Kier alpha value is -1.66. The fourth-order valence-electron chi connectivity index (χ4n) is 1.87. The minimum atomic E-state index is -0.195. The lowest BCUT2D eigenvalue weighted by Gasteiger charge is -2.15. The molecule has 0 amide bonds. The molecule has 0 aliphatic rings. The van der Waals surface area contributed by atoms with E-state index in [0.29, 0.717) is 12.3 Å². The van der Waals surface area contributed by atoms with Gasteiger partial charge < -0.3 is 15.2 Å². The molecule has 2 rings (SSSR count). The average Bonchev–Trinajstić information content (AvgIpc) is 2.47. The van der Waals surface area contributed by atoms with Crippen molar-refractivity contribution in [1.82, 2.24) is 9.97 Å². The van der Waals surface area contributed by atoms with Crippen LogP contribution in [0.3, 0.4) is 0 Å². The summed E-state index contributed by atoms with van der Waals surface area (Å²) in [6.07, 6.45) is 2.06. The Kier molecular flexibility index (Phi) is 4.92. The van der Waals surface area contributed by atoms with Crippen LogP contribution in [0.5, 0.6) is 11.6 Å². The molecule has 106 valence electrons. The van der Waals surface area contributed by atoms with Gasteiger partial charge in [-0.15, -0.1) is 0 Å². The van der Waals surface area contributed by atoms with Crippen LogP contribution in [0.1, 0.15) is 17.3 Å². The third-order valence-electron chi connectivity index (χ3n) is 2.94. The van der Waals surface area contributed by atoms with Crippen LogP contribution in [0.25, 0.3) is 0 Å². The lowest BCUT2D eigenvalue weighted by atomic mass is 10.0. The standard InChI is InChI=1S/C14H16BrN3O2/c1-19-10-3-4-12(15)11(7-10)13(16)5-9-6-14(20-2)18-8-17-9/h3-4,6-8,13H,5,16H2,1-2H3. The average molecular weight is 338 g/mol. The molecular weight excluding hydrogens is 322 g/mol. The first-order chi connectivity index (χ1) is 9.63. The summed E-state index contributed by atoms with van der Waals surface area (Å²) in [6, 6.07) is 7.32. The molecule has 0 saturated heterocycles. The van der Waals surface area contributed by atoms with Crippen LogP contribution >= 0.6 is 15.9 Å². The Labute approximate surface area is 126 Å². The van der Waals surface area contributed by atoms with Gasteiger partial charge >= 0.3 is 0 Å². The van der Waals surface area contributed by atoms with Gasteiger partial charge in [-0.25, -0.2) is 9.97 Å². The molecule has 20 heavy (non-hydrogen) atoms. The normalized spacial score (nSPS) is 12.0. The second-order valence-corrected chi connectivity index (χ2v) is 5.10. The zero-order chi connectivity index (χ0) is 14.5. The van der Waals surface area contributed by atoms with Crippen molar-refractivity contribution in [3.8, 4) is 11.6 Å². The minimum absolute atomic E-state index is 0.195. The van der Waals surface area contributed by atoms with Crippen LogP contribution in [0.15, 0.2) is 35.1 Å². The Morgan fingerprint density at radius 3 is 2.70 bits per heavy atom. The van der Waals surface area contributed by atoms with Crippen LogP contribution in [0, 0.1) is 0 Å². The second-order valence-electron chi connectivity index (χ2n) is 4.25. The van der Waals surface area contributed by atoms with E-state index < -0.39 is 0 Å². The maximum Gasteiger partial charge on any atom is 0.216 e. The molecule has 1 aromatic carbocycles. The highest BCUT2D eigenvalue weighted by Crippen LogP contribution is 2.28. The van der Waals surface area contributed by atoms with Crippen molar-refractivity contribution in [2.24, 2.45) is 5.73 Å². The van der Waals surface area contributed by atoms with Crippen LogP contribution in [0.2, 0.25) is 0 Å². The molecule has 2 N–H and O–H groups in total. The third-order valence-corrected chi connectivity index (χ3v) is 3.66. The van der Waals surface area contributed by atoms with E-state index in [1.165, 1.54) is 6.33 Å². The number of ether oxygens (including phenoxy) is 2. The molecule has 0 aliphatic carbocycles. The number of halogens is 1. The van der Waals surface area contributed by atoms with Gasteiger partial charge in [0.15, 0.2) is 0 Å². The Bertz CT molecular complexity index is 592. The van der Waals surface area contributed by atoms with E-state index in [1.54, 1.807) is 20.3 Å². The number of benzene rings is 1. The van der Waals surface area contributed by atoms with Crippen molar-refractivity contribution in [3.05, 3.63) is 46.3 Å². The highest BCUT2D eigenvalue weighted by atomic mass is 79.9. The number of methoxy groups -OCH3 is 2. The summed E-state index contributed by atoms with van der Waals surface area (Å²) in [4.78, 5) is 8.19. The molecule has 0 fully saturated rings. The van der Waals surface area contributed by atoms with E-state index in [4.69, 9.17) is 15.2 Å². The fraction of sp³-hybridized carbons (Fsp3) is 0.286. The molecule has 1 unspecified atom stereocenters. The molecule has 1 aromatic heterocycles. The van der Waals surface area contributed by atoms with Crippen LogP contribution in [-0.4, -0.2) is 24.2 Å². The van der Waals surface area contributed by atoms with E-state index in [9.17, 15) is 0 Å². The summed E-state index contributed by atoms with van der Waals surface area (Å²) in [6.45, 7) is 0. The van der Waals surface area contributed by atoms with Gasteiger partial charge in [-0.05, 0) is 23.8 Å². The summed E-state index contributed by atoms with van der Waals surface area (Å²) < 4.78 is 11.3. The van der Waals surface area contributed by atoms with E-state index in [-0.39, 0.29) is 6.04 Å². The quantitative estimate of drug-likeness (QED) is 0.907. The Balaban J connectivity index is 2.20. The van der Waals surface area contributed by atoms with Crippen molar-refractivity contribution < 1.29 is 9.47 Å². The number of rotatable bonds is 5. The molecule has 1 atom stereocenters. The first-order valence-corrected chi connectivity index (χ1v) is 6.87. The monoisotopic (exact) mass is 337 g/mol. The van der Waals surface area contributed by atoms with E-state index >= 15 is 0 Å². The molecule has 0 aliphatic heterocycles. The Morgan fingerprint density at radius 2 is 2.00 bits per heavy atom. The van der Waals surface area contributed by atoms with E-state index in [2.05, 4.69) is 25.9 Å². The van der Waals surface area contributed by atoms with Gasteiger partial charge in [0.1, 0.15) is 12.1 Å².